The van der Waals surface area contributed by atoms with Crippen molar-refractivity contribution in [3.8, 4) is 12.1 Å². The zero-order valence-electron chi connectivity index (χ0n) is 13.6. The van der Waals surface area contributed by atoms with Crippen molar-refractivity contribution in [1.29, 1.82) is 10.5 Å². The van der Waals surface area contributed by atoms with Gasteiger partial charge in [0.25, 0.3) is 0 Å². The molecule has 120 valence electrons. The highest BCUT2D eigenvalue weighted by Gasteiger charge is 2.20. The first-order valence-electron chi connectivity index (χ1n) is 7.96. The van der Waals surface area contributed by atoms with Crippen LogP contribution in [0.1, 0.15) is 55.5 Å². The SMILES string of the molecule is Cc1c(/C=C(\C#N)C(=O)OC2CCCCCC2)cc(C#N)n1C. The maximum atomic E-state index is 12.2. The van der Waals surface area contributed by atoms with Crippen molar-refractivity contribution in [1.82, 2.24) is 4.57 Å². The molecule has 1 fully saturated rings. The molecule has 0 N–H and O–H groups in total. The number of rotatable bonds is 3. The second-order valence-corrected chi connectivity index (χ2v) is 5.93. The number of ether oxygens (including phenoxy) is 1. The minimum absolute atomic E-state index is 0.0209. The molecule has 1 aliphatic rings. The van der Waals surface area contributed by atoms with Gasteiger partial charge in [0.2, 0.25) is 0 Å². The average molecular weight is 311 g/mol. The normalized spacial score (nSPS) is 16.3. The molecule has 0 spiro atoms. The van der Waals surface area contributed by atoms with Crippen molar-refractivity contribution >= 4 is 12.0 Å². The summed E-state index contributed by atoms with van der Waals surface area (Å²) in [5.41, 5.74) is 1.99. The Balaban J connectivity index is 2.17. The first kappa shape index (κ1) is 16.8. The van der Waals surface area contributed by atoms with Gasteiger partial charge in [-0.25, -0.2) is 4.79 Å². The molecule has 2 rings (SSSR count). The largest absolute Gasteiger partial charge is 0.458 e. The molecule has 23 heavy (non-hydrogen) atoms. The zero-order valence-corrected chi connectivity index (χ0v) is 13.6. The molecule has 1 heterocycles. The molecule has 0 aromatic carbocycles. The first-order valence-corrected chi connectivity index (χ1v) is 7.96. The van der Waals surface area contributed by atoms with Crippen LogP contribution in [0, 0.1) is 29.6 Å². The third-order valence-electron chi connectivity index (χ3n) is 4.41. The van der Waals surface area contributed by atoms with Gasteiger partial charge in [-0.1, -0.05) is 12.8 Å². The van der Waals surface area contributed by atoms with E-state index in [1.54, 1.807) is 17.7 Å². The van der Waals surface area contributed by atoms with Crippen LogP contribution in [0.15, 0.2) is 11.6 Å². The predicted octanol–water partition coefficient (Wildman–Crippen LogP) is 3.38. The standard InChI is InChI=1S/C18H21N3O2/c1-13-14(10-16(12-20)21(13)2)9-15(11-19)18(22)23-17-7-5-3-4-6-8-17/h9-10,17H,3-8H2,1-2H3/b15-9+. The van der Waals surface area contributed by atoms with E-state index in [2.05, 4.69) is 6.07 Å². The fourth-order valence-electron chi connectivity index (χ4n) is 2.84. The van der Waals surface area contributed by atoms with E-state index in [0.29, 0.717) is 11.3 Å². The molecule has 0 bridgehead atoms. The summed E-state index contributed by atoms with van der Waals surface area (Å²) in [7, 11) is 1.78. The number of carbonyl (C=O) groups is 1. The summed E-state index contributed by atoms with van der Waals surface area (Å²) in [6, 6.07) is 5.68. The summed E-state index contributed by atoms with van der Waals surface area (Å²) in [5, 5.41) is 18.3. The molecular weight excluding hydrogens is 290 g/mol. The maximum absolute atomic E-state index is 12.2. The summed E-state index contributed by atoms with van der Waals surface area (Å²) in [4.78, 5) is 12.2. The van der Waals surface area contributed by atoms with Crippen LogP contribution in [0.3, 0.4) is 0 Å². The van der Waals surface area contributed by atoms with Gasteiger partial charge < -0.3 is 9.30 Å². The molecule has 1 aliphatic carbocycles. The van der Waals surface area contributed by atoms with Crippen LogP contribution in [0.4, 0.5) is 0 Å². The minimum atomic E-state index is -0.568. The van der Waals surface area contributed by atoms with Gasteiger partial charge >= 0.3 is 5.97 Å². The van der Waals surface area contributed by atoms with Crippen molar-refractivity contribution in [3.05, 3.63) is 28.6 Å². The van der Waals surface area contributed by atoms with E-state index in [4.69, 9.17) is 10.00 Å². The van der Waals surface area contributed by atoms with Gasteiger partial charge in [-0.3, -0.25) is 0 Å². The Labute approximate surface area is 136 Å². The van der Waals surface area contributed by atoms with Gasteiger partial charge in [0, 0.05) is 12.7 Å². The van der Waals surface area contributed by atoms with E-state index in [1.807, 2.05) is 13.0 Å². The Morgan fingerprint density at radius 2 is 1.96 bits per heavy atom. The number of esters is 1. The molecule has 0 radical (unpaired) electrons. The van der Waals surface area contributed by atoms with Crippen molar-refractivity contribution in [2.24, 2.45) is 7.05 Å². The average Bonchev–Trinajstić information content (AvgIpc) is 2.74. The Morgan fingerprint density at radius 1 is 1.30 bits per heavy atom. The lowest BCUT2D eigenvalue weighted by Crippen LogP contribution is -2.18. The molecule has 0 amide bonds. The number of hydrogen-bond donors (Lipinski definition) is 0. The number of carbonyl (C=O) groups excluding carboxylic acids is 1. The van der Waals surface area contributed by atoms with Crippen LogP contribution in [0.5, 0.6) is 0 Å². The Morgan fingerprint density at radius 3 is 2.48 bits per heavy atom. The number of nitrogens with zero attached hydrogens (tertiary/aromatic N) is 3. The van der Waals surface area contributed by atoms with Crippen LogP contribution in [-0.2, 0) is 16.6 Å². The zero-order chi connectivity index (χ0) is 16.8. The first-order chi connectivity index (χ1) is 11.1. The van der Waals surface area contributed by atoms with Crippen molar-refractivity contribution in [3.63, 3.8) is 0 Å². The highest BCUT2D eigenvalue weighted by atomic mass is 16.5. The second kappa shape index (κ2) is 7.65. The molecule has 0 atom stereocenters. The third kappa shape index (κ3) is 4.02. The van der Waals surface area contributed by atoms with Gasteiger partial charge in [-0.05, 0) is 50.3 Å². The smallest absolute Gasteiger partial charge is 0.349 e. The molecule has 1 aromatic heterocycles. The monoisotopic (exact) mass is 311 g/mol. The molecule has 0 saturated heterocycles. The minimum Gasteiger partial charge on any atom is -0.458 e. The molecule has 1 aromatic rings. The van der Waals surface area contributed by atoms with E-state index in [0.717, 1.165) is 31.4 Å². The van der Waals surface area contributed by atoms with Crippen LogP contribution in [-0.4, -0.2) is 16.6 Å². The number of nitriles is 2. The lowest BCUT2D eigenvalue weighted by atomic mass is 10.1. The summed E-state index contributed by atoms with van der Waals surface area (Å²) in [5.74, 6) is -0.568. The summed E-state index contributed by atoms with van der Waals surface area (Å²) < 4.78 is 7.23. The lowest BCUT2D eigenvalue weighted by Gasteiger charge is -2.14. The van der Waals surface area contributed by atoms with Gasteiger partial charge in [0.05, 0.1) is 0 Å². The van der Waals surface area contributed by atoms with E-state index in [1.165, 1.54) is 18.9 Å². The summed E-state index contributed by atoms with van der Waals surface area (Å²) in [6.07, 6.45) is 7.63. The topological polar surface area (TPSA) is 78.8 Å². The van der Waals surface area contributed by atoms with Gasteiger partial charge in [-0.2, -0.15) is 10.5 Å². The molecule has 1 saturated carbocycles. The van der Waals surface area contributed by atoms with Crippen LogP contribution >= 0.6 is 0 Å². The summed E-state index contributed by atoms with van der Waals surface area (Å²) >= 11 is 0. The van der Waals surface area contributed by atoms with Gasteiger partial charge in [-0.15, -0.1) is 0 Å². The maximum Gasteiger partial charge on any atom is 0.349 e. The third-order valence-corrected chi connectivity index (χ3v) is 4.41. The fourth-order valence-corrected chi connectivity index (χ4v) is 2.84. The Bertz CT molecular complexity index is 693. The van der Waals surface area contributed by atoms with Crippen molar-refractivity contribution in [2.45, 2.75) is 51.6 Å². The van der Waals surface area contributed by atoms with Gasteiger partial charge in [0.1, 0.15) is 29.5 Å². The van der Waals surface area contributed by atoms with E-state index >= 15 is 0 Å². The highest BCUT2D eigenvalue weighted by molar-refractivity contribution is 5.98. The van der Waals surface area contributed by atoms with Gasteiger partial charge in [0.15, 0.2) is 0 Å². The number of hydrogen-bond acceptors (Lipinski definition) is 4. The lowest BCUT2D eigenvalue weighted by molar-refractivity contribution is -0.144. The van der Waals surface area contributed by atoms with E-state index < -0.39 is 5.97 Å². The number of aromatic nitrogens is 1. The molecule has 5 heteroatoms. The highest BCUT2D eigenvalue weighted by Crippen LogP contribution is 2.22. The molecule has 5 nitrogen and oxygen atoms in total. The summed E-state index contributed by atoms with van der Waals surface area (Å²) in [6.45, 7) is 1.85. The van der Waals surface area contributed by atoms with Crippen molar-refractivity contribution < 1.29 is 9.53 Å². The molecule has 0 aliphatic heterocycles. The molecule has 0 unspecified atom stereocenters. The van der Waals surface area contributed by atoms with Crippen molar-refractivity contribution in [2.75, 3.05) is 0 Å². The second-order valence-electron chi connectivity index (χ2n) is 5.93. The van der Waals surface area contributed by atoms with Crippen LogP contribution in [0.2, 0.25) is 0 Å². The van der Waals surface area contributed by atoms with Crippen LogP contribution in [0.25, 0.3) is 6.08 Å². The molecular formula is C18H21N3O2. The quantitative estimate of drug-likeness (QED) is 0.371. The van der Waals surface area contributed by atoms with E-state index in [9.17, 15) is 10.1 Å². The van der Waals surface area contributed by atoms with Crippen LogP contribution < -0.4 is 0 Å². The Hall–Kier alpha value is -2.53. The predicted molar refractivity (Wildman–Crippen MR) is 86.0 cm³/mol. The fraction of sp³-hybridized carbons (Fsp3) is 0.500. The van der Waals surface area contributed by atoms with E-state index in [-0.39, 0.29) is 11.7 Å². The Kier molecular flexibility index (Phi) is 5.60.